The number of anilines is 1. The predicted octanol–water partition coefficient (Wildman–Crippen LogP) is 4.72. The third-order valence-electron chi connectivity index (χ3n) is 6.18. The van der Waals surface area contributed by atoms with E-state index in [1.807, 2.05) is 37.3 Å². The van der Waals surface area contributed by atoms with Gasteiger partial charge in [0.1, 0.15) is 0 Å². The van der Waals surface area contributed by atoms with Crippen LogP contribution in [0.5, 0.6) is 0 Å². The highest BCUT2D eigenvalue weighted by Crippen LogP contribution is 2.46. The molecule has 1 heterocycles. The second-order valence-electron chi connectivity index (χ2n) is 9.36. The molecule has 0 radical (unpaired) electrons. The molecule has 1 amide bonds. The van der Waals surface area contributed by atoms with Crippen LogP contribution in [-0.2, 0) is 14.3 Å². The van der Waals surface area contributed by atoms with Gasteiger partial charge < -0.3 is 15.4 Å². The Kier molecular flexibility index (Phi) is 5.93. The molecule has 0 saturated carbocycles. The molecule has 170 valence electrons. The Labute approximate surface area is 193 Å². The number of carbonyl (C=O) groups is 3. The molecule has 2 aliphatic rings. The fourth-order valence-corrected chi connectivity index (χ4v) is 4.72. The molecule has 2 aromatic carbocycles. The molecule has 1 atom stereocenters. The minimum Gasteiger partial charge on any atom is -0.465 e. The lowest BCUT2D eigenvalue weighted by molar-refractivity contribution is -0.118. The van der Waals surface area contributed by atoms with E-state index in [-0.39, 0.29) is 17.1 Å². The molecule has 0 aromatic heterocycles. The Hall–Kier alpha value is -3.67. The zero-order chi connectivity index (χ0) is 23.8. The van der Waals surface area contributed by atoms with Gasteiger partial charge in [0.05, 0.1) is 12.7 Å². The first-order chi connectivity index (χ1) is 15.7. The van der Waals surface area contributed by atoms with E-state index in [1.54, 1.807) is 24.3 Å². The predicted molar refractivity (Wildman–Crippen MR) is 126 cm³/mol. The maximum absolute atomic E-state index is 13.5. The maximum atomic E-state index is 13.5. The van der Waals surface area contributed by atoms with E-state index in [1.165, 1.54) is 7.11 Å². The molecule has 1 aliphatic heterocycles. The minimum absolute atomic E-state index is 0.0355. The molecule has 0 saturated heterocycles. The number of para-hydroxylation sites is 1. The maximum Gasteiger partial charge on any atom is 0.337 e. The van der Waals surface area contributed by atoms with Crippen molar-refractivity contribution in [2.45, 2.75) is 39.5 Å². The van der Waals surface area contributed by atoms with Crippen molar-refractivity contribution in [3.05, 3.63) is 88.3 Å². The van der Waals surface area contributed by atoms with Crippen LogP contribution >= 0.6 is 0 Å². The van der Waals surface area contributed by atoms with Crippen LogP contribution in [0.3, 0.4) is 0 Å². The molecule has 1 unspecified atom stereocenters. The monoisotopic (exact) mass is 444 g/mol. The number of ketones is 1. The fourth-order valence-electron chi connectivity index (χ4n) is 4.72. The molecular formula is C27H28N2O4. The summed E-state index contributed by atoms with van der Waals surface area (Å²) in [5, 5.41) is 6.33. The van der Waals surface area contributed by atoms with E-state index in [9.17, 15) is 14.4 Å². The van der Waals surface area contributed by atoms with Crippen molar-refractivity contribution in [3.8, 4) is 0 Å². The molecule has 0 bridgehead atoms. The van der Waals surface area contributed by atoms with Gasteiger partial charge >= 0.3 is 5.97 Å². The molecule has 0 fully saturated rings. The number of hydrogen-bond donors (Lipinski definition) is 2. The topological polar surface area (TPSA) is 84.5 Å². The van der Waals surface area contributed by atoms with Crippen LogP contribution < -0.4 is 10.6 Å². The summed E-state index contributed by atoms with van der Waals surface area (Å²) in [6, 6.07) is 16.2. The highest BCUT2D eigenvalue weighted by atomic mass is 16.5. The third kappa shape index (κ3) is 4.46. The van der Waals surface area contributed by atoms with Gasteiger partial charge in [0.15, 0.2) is 5.78 Å². The average Bonchev–Trinajstić information content (AvgIpc) is 2.77. The second kappa shape index (κ2) is 8.70. The smallest absolute Gasteiger partial charge is 0.337 e. The summed E-state index contributed by atoms with van der Waals surface area (Å²) in [4.78, 5) is 38.7. The number of amides is 1. The number of allylic oxidation sites excluding steroid dienone is 3. The summed E-state index contributed by atoms with van der Waals surface area (Å²) in [5.41, 5.74) is 4.42. The molecule has 6 heteroatoms. The van der Waals surface area contributed by atoms with E-state index < -0.39 is 11.9 Å². The van der Waals surface area contributed by atoms with Gasteiger partial charge in [0.25, 0.3) is 5.91 Å². The lowest BCUT2D eigenvalue weighted by Gasteiger charge is -2.39. The highest BCUT2D eigenvalue weighted by Gasteiger charge is 2.42. The normalized spacial score (nSPS) is 19.5. The number of nitrogens with one attached hydrogen (secondary N) is 2. The van der Waals surface area contributed by atoms with Gasteiger partial charge in [-0.3, -0.25) is 9.59 Å². The van der Waals surface area contributed by atoms with Gasteiger partial charge in [0.2, 0.25) is 0 Å². The van der Waals surface area contributed by atoms with Crippen LogP contribution in [-0.4, -0.2) is 24.8 Å². The Morgan fingerprint density at radius 3 is 2.33 bits per heavy atom. The molecule has 2 N–H and O–H groups in total. The number of benzene rings is 2. The van der Waals surface area contributed by atoms with Crippen LogP contribution in [0.1, 0.15) is 55.5 Å². The van der Waals surface area contributed by atoms with Crippen LogP contribution in [0.15, 0.2) is 77.1 Å². The first-order valence-corrected chi connectivity index (χ1v) is 11.0. The van der Waals surface area contributed by atoms with Crippen molar-refractivity contribution in [1.82, 2.24) is 5.32 Å². The minimum atomic E-state index is -0.528. The van der Waals surface area contributed by atoms with Crippen molar-refractivity contribution in [2.24, 2.45) is 5.41 Å². The zero-order valence-electron chi connectivity index (χ0n) is 19.3. The van der Waals surface area contributed by atoms with Gasteiger partial charge in [-0.25, -0.2) is 4.79 Å². The Bertz CT molecular complexity index is 1170. The number of carbonyl (C=O) groups excluding carboxylic acids is 3. The molecule has 0 spiro atoms. The van der Waals surface area contributed by atoms with Crippen molar-refractivity contribution in [2.75, 3.05) is 12.4 Å². The summed E-state index contributed by atoms with van der Waals surface area (Å²) in [5.74, 6) is -1.19. The second-order valence-corrected chi connectivity index (χ2v) is 9.36. The lowest BCUT2D eigenvalue weighted by Crippen LogP contribution is -2.39. The molecule has 4 rings (SSSR count). The first-order valence-electron chi connectivity index (χ1n) is 11.0. The van der Waals surface area contributed by atoms with E-state index in [2.05, 4.69) is 24.5 Å². The summed E-state index contributed by atoms with van der Waals surface area (Å²) in [6.45, 7) is 6.02. The molecular weight excluding hydrogens is 416 g/mol. The lowest BCUT2D eigenvalue weighted by atomic mass is 9.68. The number of hydrogen-bond acceptors (Lipinski definition) is 5. The average molecular weight is 445 g/mol. The first kappa shape index (κ1) is 22.5. The zero-order valence-corrected chi connectivity index (χ0v) is 19.3. The number of methoxy groups -OCH3 is 1. The van der Waals surface area contributed by atoms with Crippen molar-refractivity contribution < 1.29 is 19.1 Å². The summed E-state index contributed by atoms with van der Waals surface area (Å²) in [7, 11) is 1.33. The Morgan fingerprint density at radius 2 is 1.70 bits per heavy atom. The van der Waals surface area contributed by atoms with Crippen LogP contribution in [0.2, 0.25) is 0 Å². The number of dihydropyridines is 1. The van der Waals surface area contributed by atoms with E-state index in [4.69, 9.17) is 4.74 Å². The number of esters is 1. The van der Waals surface area contributed by atoms with Crippen molar-refractivity contribution >= 4 is 23.3 Å². The molecule has 1 aliphatic carbocycles. The standard InChI is InChI=1S/C27H28N2O4/c1-16-22(25(31)29-19-8-6-5-7-9-19)23(17-10-12-18(13-11-17)26(32)33-4)24-20(28-16)14-27(2,3)15-21(24)30/h5-13,23,28H,14-15H2,1-4H3,(H,29,31). The van der Waals surface area contributed by atoms with E-state index in [0.717, 1.165) is 23.4 Å². The Morgan fingerprint density at radius 1 is 1.03 bits per heavy atom. The van der Waals surface area contributed by atoms with Gasteiger partial charge in [-0.2, -0.15) is 0 Å². The largest absolute Gasteiger partial charge is 0.465 e. The highest BCUT2D eigenvalue weighted by molar-refractivity contribution is 6.10. The third-order valence-corrected chi connectivity index (χ3v) is 6.18. The molecule has 33 heavy (non-hydrogen) atoms. The fraction of sp³-hybridized carbons (Fsp3) is 0.296. The van der Waals surface area contributed by atoms with Gasteiger partial charge in [-0.15, -0.1) is 0 Å². The quantitative estimate of drug-likeness (QED) is 0.667. The van der Waals surface area contributed by atoms with E-state index >= 15 is 0 Å². The van der Waals surface area contributed by atoms with Crippen LogP contribution in [0.25, 0.3) is 0 Å². The van der Waals surface area contributed by atoms with Gasteiger partial charge in [0, 0.05) is 40.6 Å². The molecule has 6 nitrogen and oxygen atoms in total. The molecule has 2 aromatic rings. The summed E-state index contributed by atoms with van der Waals surface area (Å²) in [6.07, 6.45) is 1.13. The van der Waals surface area contributed by atoms with Crippen molar-refractivity contribution in [1.29, 1.82) is 0 Å². The Balaban J connectivity index is 1.80. The number of Topliss-reactive ketones (excluding diaryl/α,β-unsaturated/α-hetero) is 1. The number of rotatable bonds is 4. The van der Waals surface area contributed by atoms with Crippen molar-refractivity contribution in [3.63, 3.8) is 0 Å². The summed E-state index contributed by atoms with van der Waals surface area (Å²) < 4.78 is 4.80. The van der Waals surface area contributed by atoms with Crippen LogP contribution in [0.4, 0.5) is 5.69 Å². The SMILES string of the molecule is COC(=O)c1ccc(C2C(C(=O)Nc3ccccc3)=C(C)NC3=C2C(=O)CC(C)(C)C3)cc1. The van der Waals surface area contributed by atoms with Gasteiger partial charge in [-0.05, 0) is 48.6 Å². The summed E-state index contributed by atoms with van der Waals surface area (Å²) >= 11 is 0. The van der Waals surface area contributed by atoms with Gasteiger partial charge in [-0.1, -0.05) is 44.2 Å². The van der Waals surface area contributed by atoms with E-state index in [0.29, 0.717) is 28.8 Å². The number of ether oxygens (including phenoxy) is 1. The van der Waals surface area contributed by atoms with Crippen LogP contribution in [0, 0.1) is 5.41 Å².